The third-order valence-corrected chi connectivity index (χ3v) is 2.46. The van der Waals surface area contributed by atoms with Gasteiger partial charge in [-0.05, 0) is 0 Å². The van der Waals surface area contributed by atoms with E-state index < -0.39 is 0 Å². The van der Waals surface area contributed by atoms with Gasteiger partial charge in [0.25, 0.3) is 0 Å². The van der Waals surface area contributed by atoms with Crippen molar-refractivity contribution in [3.8, 4) is 0 Å². The lowest BCUT2D eigenvalue weighted by atomic mass is 10.1. The summed E-state index contributed by atoms with van der Waals surface area (Å²) in [6.07, 6.45) is 14.4. The molecule has 0 radical (unpaired) electrons. The maximum atomic E-state index is 2.28. The lowest BCUT2D eigenvalue weighted by Gasteiger charge is -1.99. The number of hydrogen-bond donors (Lipinski definition) is 0. The fourth-order valence-electron chi connectivity index (χ4n) is 1.56. The van der Waals surface area contributed by atoms with Gasteiger partial charge >= 0.3 is 0 Å². The zero-order chi connectivity index (χ0) is 9.07. The van der Waals surface area contributed by atoms with Crippen molar-refractivity contribution in [2.24, 2.45) is 0 Å². The molecule has 0 heterocycles. The molecule has 0 N–H and O–H groups in total. The number of unbranched alkanes of at least 4 members (excludes halogenated alkanes) is 9. The molecule has 0 saturated heterocycles. The summed E-state index contributed by atoms with van der Waals surface area (Å²) in [7, 11) is 0. The summed E-state index contributed by atoms with van der Waals surface area (Å²) < 4.78 is 0. The Morgan fingerprint density at radius 2 is 0.643 bits per heavy atom. The van der Waals surface area contributed by atoms with Crippen molar-refractivity contribution in [1.82, 2.24) is 0 Å². The number of rotatable bonds is 9. The molecule has 2 heteroatoms. The summed E-state index contributed by atoms with van der Waals surface area (Å²) in [5.74, 6) is 0. The van der Waals surface area contributed by atoms with Crippen molar-refractivity contribution in [1.29, 1.82) is 0 Å². The first-order valence-electron chi connectivity index (χ1n) is 5.91. The van der Waals surface area contributed by atoms with Crippen LogP contribution in [-0.2, 0) is 0 Å². The highest BCUT2D eigenvalue weighted by Gasteiger charge is 1.90. The first kappa shape index (κ1) is 20.3. The lowest BCUT2D eigenvalue weighted by Crippen LogP contribution is -1.80. The molecule has 0 aromatic rings. The normalized spacial score (nSPS) is 9.00. The van der Waals surface area contributed by atoms with Gasteiger partial charge in [0.1, 0.15) is 0 Å². The van der Waals surface area contributed by atoms with E-state index in [-0.39, 0.29) is 19.8 Å². The van der Waals surface area contributed by atoms with Gasteiger partial charge in [-0.2, -0.15) is 19.8 Å². The summed E-state index contributed by atoms with van der Waals surface area (Å²) in [5.41, 5.74) is 0. The number of hydrogen-bond acceptors (Lipinski definition) is 0. The quantitative estimate of drug-likeness (QED) is 0.390. The highest BCUT2D eigenvalue weighted by molar-refractivity contribution is 6.92. The maximum Gasteiger partial charge on any atom is -0.0533 e. The first-order valence-corrected chi connectivity index (χ1v) is 5.91. The highest BCUT2D eigenvalue weighted by atomic mass is 31.0. The third kappa shape index (κ3) is 18.6. The standard InChI is InChI=1S/C12H26.2H3P/c1-3-5-7-9-11-12-10-8-6-4-2;;/h3-12H2,1-2H3;2*1H3. The molecule has 0 aliphatic rings. The molecule has 0 rings (SSSR count). The van der Waals surface area contributed by atoms with Gasteiger partial charge in [0.15, 0.2) is 0 Å². The Labute approximate surface area is 98.3 Å². The second kappa shape index (κ2) is 19.4. The zero-order valence-electron chi connectivity index (χ0n) is 10.5. The van der Waals surface area contributed by atoms with E-state index in [1.54, 1.807) is 0 Å². The molecule has 0 aromatic carbocycles. The van der Waals surface area contributed by atoms with E-state index in [2.05, 4.69) is 13.8 Å². The summed E-state index contributed by atoms with van der Waals surface area (Å²) in [5, 5.41) is 0. The fraction of sp³-hybridized carbons (Fsp3) is 1.00. The van der Waals surface area contributed by atoms with Gasteiger partial charge in [-0.25, -0.2) is 0 Å². The van der Waals surface area contributed by atoms with Crippen LogP contribution in [0.2, 0.25) is 0 Å². The molecule has 0 aliphatic heterocycles. The molecule has 0 fully saturated rings. The fourth-order valence-corrected chi connectivity index (χ4v) is 1.56. The van der Waals surface area contributed by atoms with Crippen LogP contribution in [0.15, 0.2) is 0 Å². The van der Waals surface area contributed by atoms with Crippen molar-refractivity contribution < 1.29 is 0 Å². The van der Waals surface area contributed by atoms with Gasteiger partial charge < -0.3 is 0 Å². The SMILES string of the molecule is CCCCCCCCCCCC.P.P. The average molecular weight is 238 g/mol. The van der Waals surface area contributed by atoms with Gasteiger partial charge in [0.05, 0.1) is 0 Å². The molecule has 0 saturated carbocycles. The molecular formula is C12H32P2. The van der Waals surface area contributed by atoms with Crippen LogP contribution in [0.4, 0.5) is 0 Å². The molecule has 0 amide bonds. The van der Waals surface area contributed by atoms with Gasteiger partial charge in [0.2, 0.25) is 0 Å². The molecule has 0 bridgehead atoms. The monoisotopic (exact) mass is 238 g/mol. The zero-order valence-corrected chi connectivity index (χ0v) is 13.3. The molecule has 90 valence electrons. The summed E-state index contributed by atoms with van der Waals surface area (Å²) in [4.78, 5) is 0. The van der Waals surface area contributed by atoms with Crippen molar-refractivity contribution in [3.05, 3.63) is 0 Å². The second-order valence-electron chi connectivity index (χ2n) is 3.83. The van der Waals surface area contributed by atoms with Crippen molar-refractivity contribution in [2.75, 3.05) is 0 Å². The predicted molar refractivity (Wildman–Crippen MR) is 79.7 cm³/mol. The minimum atomic E-state index is 0. The smallest absolute Gasteiger partial charge is 0.0533 e. The summed E-state index contributed by atoms with van der Waals surface area (Å²) >= 11 is 0. The van der Waals surface area contributed by atoms with E-state index in [4.69, 9.17) is 0 Å². The predicted octanol–water partition coefficient (Wildman–Crippen LogP) is 5.04. The molecule has 2 atom stereocenters. The summed E-state index contributed by atoms with van der Waals surface area (Å²) in [6, 6.07) is 0. The third-order valence-electron chi connectivity index (χ3n) is 2.46. The molecule has 0 spiro atoms. The topological polar surface area (TPSA) is 0 Å². The van der Waals surface area contributed by atoms with E-state index in [1.165, 1.54) is 64.2 Å². The molecule has 0 aromatic heterocycles. The van der Waals surface area contributed by atoms with Gasteiger partial charge in [-0.1, -0.05) is 78.1 Å². The summed E-state index contributed by atoms with van der Waals surface area (Å²) in [6.45, 7) is 4.56. The highest BCUT2D eigenvalue weighted by Crippen LogP contribution is 2.09. The largest absolute Gasteiger partial charge is 0.153 e. The van der Waals surface area contributed by atoms with Gasteiger partial charge in [-0.15, -0.1) is 0 Å². The van der Waals surface area contributed by atoms with Crippen LogP contribution in [0.1, 0.15) is 78.1 Å². The maximum absolute atomic E-state index is 2.28. The minimum Gasteiger partial charge on any atom is -0.153 e. The minimum absolute atomic E-state index is 0. The Balaban J connectivity index is -0.000000605. The van der Waals surface area contributed by atoms with Crippen LogP contribution in [0.25, 0.3) is 0 Å². The van der Waals surface area contributed by atoms with Crippen LogP contribution < -0.4 is 0 Å². The van der Waals surface area contributed by atoms with Crippen molar-refractivity contribution in [2.45, 2.75) is 78.1 Å². The molecular weight excluding hydrogens is 206 g/mol. The van der Waals surface area contributed by atoms with Gasteiger partial charge in [0, 0.05) is 0 Å². The Kier molecular flexibility index (Phi) is 28.2. The lowest BCUT2D eigenvalue weighted by molar-refractivity contribution is 0.562. The molecule has 0 nitrogen and oxygen atoms in total. The Bertz CT molecular complexity index is 64.7. The van der Waals surface area contributed by atoms with E-state index in [0.29, 0.717) is 0 Å². The van der Waals surface area contributed by atoms with Crippen LogP contribution in [-0.4, -0.2) is 0 Å². The van der Waals surface area contributed by atoms with Gasteiger partial charge in [-0.3, -0.25) is 0 Å². The van der Waals surface area contributed by atoms with Crippen LogP contribution >= 0.6 is 19.8 Å². The van der Waals surface area contributed by atoms with E-state index >= 15 is 0 Å². The molecule has 14 heavy (non-hydrogen) atoms. The van der Waals surface area contributed by atoms with Crippen molar-refractivity contribution in [3.63, 3.8) is 0 Å². The van der Waals surface area contributed by atoms with Crippen molar-refractivity contribution >= 4 is 19.8 Å². The molecule has 0 aliphatic carbocycles. The van der Waals surface area contributed by atoms with Crippen LogP contribution in [0.3, 0.4) is 0 Å². The second-order valence-corrected chi connectivity index (χ2v) is 3.83. The van der Waals surface area contributed by atoms with E-state index in [0.717, 1.165) is 0 Å². The average Bonchev–Trinajstić information content (AvgIpc) is 2.10. The van der Waals surface area contributed by atoms with E-state index in [1.807, 2.05) is 0 Å². The van der Waals surface area contributed by atoms with E-state index in [9.17, 15) is 0 Å². The Hall–Kier alpha value is 0.860. The van der Waals surface area contributed by atoms with Crippen LogP contribution in [0.5, 0.6) is 0 Å². The Morgan fingerprint density at radius 1 is 0.429 bits per heavy atom. The first-order chi connectivity index (χ1) is 5.91. The molecule has 2 unspecified atom stereocenters. The Morgan fingerprint density at radius 3 is 0.857 bits per heavy atom. The van der Waals surface area contributed by atoms with Crippen LogP contribution in [0, 0.1) is 0 Å².